The molecule has 1 amide bonds. The molecule has 5 heterocycles. The van der Waals surface area contributed by atoms with Gasteiger partial charge < -0.3 is 25.8 Å². The summed E-state index contributed by atoms with van der Waals surface area (Å²) in [6.07, 6.45) is 4.18. The number of nitrogen functional groups attached to an aromatic ring is 1. The van der Waals surface area contributed by atoms with Gasteiger partial charge in [-0.1, -0.05) is 13.0 Å². The van der Waals surface area contributed by atoms with Gasteiger partial charge in [0.05, 0.1) is 17.1 Å². The Labute approximate surface area is 279 Å². The van der Waals surface area contributed by atoms with Gasteiger partial charge in [-0.2, -0.15) is 19.7 Å². The molecule has 0 saturated carbocycles. The van der Waals surface area contributed by atoms with Crippen LogP contribution in [-0.2, 0) is 13.0 Å². The summed E-state index contributed by atoms with van der Waals surface area (Å²) in [6.45, 7) is 3.06. The van der Waals surface area contributed by atoms with E-state index in [1.54, 1.807) is 21.0 Å². The second-order valence-electron chi connectivity index (χ2n) is 12.9. The molecule has 12 nitrogen and oxygen atoms in total. The number of nitrogens with zero attached hydrogens (tertiary/aromatic N) is 7. The molecule has 0 radical (unpaired) electrons. The van der Waals surface area contributed by atoms with E-state index in [0.29, 0.717) is 41.3 Å². The number of aromatic hydroxyl groups is 1. The van der Waals surface area contributed by atoms with E-state index in [4.69, 9.17) is 10.5 Å². The van der Waals surface area contributed by atoms with Gasteiger partial charge in [-0.3, -0.25) is 9.88 Å². The summed E-state index contributed by atoms with van der Waals surface area (Å²) in [4.78, 5) is 29.4. The van der Waals surface area contributed by atoms with E-state index in [0.717, 1.165) is 24.1 Å². The number of ether oxygens (including phenoxy) is 1. The fraction of sp³-hybridized carbons (Fsp3) is 0.382. The zero-order valence-electron chi connectivity index (χ0n) is 27.3. The molecular weight excluding hydrogens is 639 g/mol. The van der Waals surface area contributed by atoms with Crippen molar-refractivity contribution in [3.05, 3.63) is 59.4 Å². The highest BCUT2D eigenvalue weighted by molar-refractivity contribution is 6.01. The van der Waals surface area contributed by atoms with Crippen LogP contribution in [-0.4, -0.2) is 91.2 Å². The van der Waals surface area contributed by atoms with Gasteiger partial charge >= 0.3 is 12.0 Å². The Kier molecular flexibility index (Phi) is 8.17. The standard InChI is InChI=1S/C34H36F3N9O3/c1-4-22-25(36)7-6-18-10-21(47)11-23(26(18)22)28-27(37)29-24(15-39-28)31(40-13-19-14-41-46(30(19)38)33(48)44(2)3)43-32(42-29)49-17-34-8-5-9-45(34)16-20(35)12-34/h6-7,10-11,14-15,20,47H,4-5,8-9,12-13,16-17,38H2,1-3H3,(H,40,42,43)/t20-,34+/m1/s1. The molecule has 2 aliphatic rings. The number of pyridine rings is 1. The maximum absolute atomic E-state index is 16.8. The van der Waals surface area contributed by atoms with Crippen LogP contribution in [0.15, 0.2) is 36.7 Å². The minimum atomic E-state index is -0.967. The number of rotatable bonds is 8. The van der Waals surface area contributed by atoms with E-state index in [1.807, 2.05) is 0 Å². The van der Waals surface area contributed by atoms with Crippen molar-refractivity contribution in [3.63, 3.8) is 0 Å². The minimum absolute atomic E-state index is 0.0546. The summed E-state index contributed by atoms with van der Waals surface area (Å²) in [5, 5.41) is 19.0. The number of nitrogens with one attached hydrogen (secondary N) is 1. The number of anilines is 2. The number of alkyl halides is 1. The molecule has 0 unspecified atom stereocenters. The van der Waals surface area contributed by atoms with E-state index >= 15 is 4.39 Å². The van der Waals surface area contributed by atoms with Crippen molar-refractivity contribution in [2.45, 2.75) is 50.9 Å². The third kappa shape index (κ3) is 5.61. The lowest BCUT2D eigenvalue weighted by Gasteiger charge is -2.30. The number of amides is 1. The number of carbonyl (C=O) groups excluding carboxylic acids is 1. The van der Waals surface area contributed by atoms with E-state index in [2.05, 4.69) is 30.3 Å². The average Bonchev–Trinajstić information content (AvgIpc) is 3.73. The molecule has 2 aromatic carbocycles. The second-order valence-corrected chi connectivity index (χ2v) is 12.9. The molecule has 7 rings (SSSR count). The Hall–Kier alpha value is -5.18. The number of phenolic OH excluding ortho intramolecular Hbond substituents is 1. The number of aryl methyl sites for hydroxylation is 1. The molecule has 49 heavy (non-hydrogen) atoms. The molecule has 256 valence electrons. The van der Waals surface area contributed by atoms with Crippen molar-refractivity contribution in [2.24, 2.45) is 0 Å². The van der Waals surface area contributed by atoms with Gasteiger partial charge in [0.1, 0.15) is 47.2 Å². The van der Waals surface area contributed by atoms with Crippen LogP contribution in [0.5, 0.6) is 11.8 Å². The van der Waals surface area contributed by atoms with Crippen LogP contribution in [0.2, 0.25) is 0 Å². The smallest absolute Gasteiger partial charge is 0.346 e. The second kappa shape index (κ2) is 12.4. The predicted octanol–water partition coefficient (Wildman–Crippen LogP) is 5.27. The molecular formula is C34H36F3N9O3. The molecule has 0 bridgehead atoms. The zero-order valence-corrected chi connectivity index (χ0v) is 27.3. The molecule has 0 aliphatic carbocycles. The number of halogens is 3. The van der Waals surface area contributed by atoms with Gasteiger partial charge in [0.25, 0.3) is 0 Å². The lowest BCUT2D eigenvalue weighted by atomic mass is 9.94. The quantitative estimate of drug-likeness (QED) is 0.199. The Morgan fingerprint density at radius 2 is 2.04 bits per heavy atom. The highest BCUT2D eigenvalue weighted by Crippen LogP contribution is 2.41. The van der Waals surface area contributed by atoms with E-state index < -0.39 is 29.4 Å². The third-order valence-corrected chi connectivity index (χ3v) is 9.55. The van der Waals surface area contributed by atoms with Crippen molar-refractivity contribution in [3.8, 4) is 23.0 Å². The maximum Gasteiger partial charge on any atom is 0.346 e. The lowest BCUT2D eigenvalue weighted by Crippen LogP contribution is -2.43. The minimum Gasteiger partial charge on any atom is -0.508 e. The fourth-order valence-electron chi connectivity index (χ4n) is 7.15. The monoisotopic (exact) mass is 675 g/mol. The van der Waals surface area contributed by atoms with Gasteiger partial charge in [0, 0.05) is 50.9 Å². The number of aromatic nitrogens is 5. The van der Waals surface area contributed by atoms with Crippen LogP contribution >= 0.6 is 0 Å². The van der Waals surface area contributed by atoms with E-state index in [1.165, 1.54) is 41.6 Å². The molecule has 15 heteroatoms. The number of carbonyl (C=O) groups is 1. The van der Waals surface area contributed by atoms with Gasteiger partial charge in [-0.25, -0.2) is 18.0 Å². The summed E-state index contributed by atoms with van der Waals surface area (Å²) in [5.41, 5.74) is 6.49. The van der Waals surface area contributed by atoms with Crippen molar-refractivity contribution in [1.82, 2.24) is 34.5 Å². The summed E-state index contributed by atoms with van der Waals surface area (Å²) < 4.78 is 53.4. The molecule has 2 saturated heterocycles. The summed E-state index contributed by atoms with van der Waals surface area (Å²) in [6, 6.07) is 5.12. The average molecular weight is 676 g/mol. The molecule has 0 spiro atoms. The molecule has 2 aliphatic heterocycles. The molecule has 2 fully saturated rings. The first kappa shape index (κ1) is 32.4. The Morgan fingerprint density at radius 1 is 1.22 bits per heavy atom. The largest absolute Gasteiger partial charge is 0.508 e. The van der Waals surface area contributed by atoms with Crippen molar-refractivity contribution in [1.29, 1.82) is 0 Å². The number of fused-ring (bicyclic) bond motifs is 3. The molecule has 2 atom stereocenters. The maximum atomic E-state index is 16.8. The first-order chi connectivity index (χ1) is 23.5. The topological polar surface area (TPSA) is 148 Å². The number of hydrogen-bond donors (Lipinski definition) is 3. The highest BCUT2D eigenvalue weighted by Gasteiger charge is 2.49. The first-order valence-electron chi connectivity index (χ1n) is 16.1. The molecule has 4 N–H and O–H groups in total. The van der Waals surface area contributed by atoms with Crippen LogP contribution in [0, 0.1) is 11.6 Å². The Bertz CT molecular complexity index is 2110. The van der Waals surface area contributed by atoms with Crippen LogP contribution in [0.25, 0.3) is 32.9 Å². The summed E-state index contributed by atoms with van der Waals surface area (Å²) in [5.74, 6) is -1.14. The normalized spacial score (nSPS) is 19.1. The van der Waals surface area contributed by atoms with Gasteiger partial charge in [-0.15, -0.1) is 0 Å². The van der Waals surface area contributed by atoms with Crippen LogP contribution in [0.1, 0.15) is 37.3 Å². The van der Waals surface area contributed by atoms with Crippen LogP contribution in [0.3, 0.4) is 0 Å². The van der Waals surface area contributed by atoms with E-state index in [9.17, 15) is 18.7 Å². The Balaban J connectivity index is 1.32. The molecule has 5 aromatic rings. The number of phenols is 1. The van der Waals surface area contributed by atoms with Crippen molar-refractivity contribution in [2.75, 3.05) is 44.8 Å². The van der Waals surface area contributed by atoms with Crippen LogP contribution in [0.4, 0.5) is 29.6 Å². The van der Waals surface area contributed by atoms with E-state index in [-0.39, 0.29) is 58.7 Å². The number of benzene rings is 2. The van der Waals surface area contributed by atoms with Gasteiger partial charge in [-0.05, 0) is 60.3 Å². The third-order valence-electron chi connectivity index (χ3n) is 9.55. The van der Waals surface area contributed by atoms with Crippen molar-refractivity contribution >= 4 is 39.3 Å². The zero-order chi connectivity index (χ0) is 34.6. The summed E-state index contributed by atoms with van der Waals surface area (Å²) in [7, 11) is 3.16. The lowest BCUT2D eigenvalue weighted by molar-refractivity contribution is 0.107. The highest BCUT2D eigenvalue weighted by atomic mass is 19.1. The van der Waals surface area contributed by atoms with Crippen molar-refractivity contribution < 1.29 is 27.8 Å². The number of nitrogens with two attached hydrogens (primary N) is 1. The van der Waals surface area contributed by atoms with Gasteiger partial charge in [0.2, 0.25) is 0 Å². The van der Waals surface area contributed by atoms with Gasteiger partial charge in [0.15, 0.2) is 5.82 Å². The summed E-state index contributed by atoms with van der Waals surface area (Å²) >= 11 is 0. The fourth-order valence-corrected chi connectivity index (χ4v) is 7.15. The number of hydrogen-bond acceptors (Lipinski definition) is 10. The molecule has 3 aromatic heterocycles. The Morgan fingerprint density at radius 3 is 2.82 bits per heavy atom. The van der Waals surface area contributed by atoms with Crippen LogP contribution < -0.4 is 15.8 Å². The SMILES string of the molecule is CCc1c(F)ccc2cc(O)cc(-c3ncc4c(NCc5cnn(C(=O)N(C)C)c5N)nc(OC[C@@]56CCCN5C[C@H](F)C6)nc4c3F)c12. The first-order valence-corrected chi connectivity index (χ1v) is 16.1. The predicted molar refractivity (Wildman–Crippen MR) is 178 cm³/mol.